The normalized spacial score (nSPS) is 21.8. The molecule has 3 N–H and O–H groups in total. The average Bonchev–Trinajstić information content (AvgIpc) is 2.62. The molecule has 0 aliphatic carbocycles. The number of nitrogens with two attached hydrogens (primary N) is 1. The Morgan fingerprint density at radius 1 is 1.61 bits per heavy atom. The minimum Gasteiger partial charge on any atom is -0.490 e. The Morgan fingerprint density at radius 2 is 2.33 bits per heavy atom. The number of hydrogen-bond donors (Lipinski definition) is 2. The molecule has 0 bridgehead atoms. The molecule has 0 aromatic rings. The predicted octanol–water partition coefficient (Wildman–Crippen LogP) is 1.05. The summed E-state index contributed by atoms with van der Waals surface area (Å²) in [6.45, 7) is 9.82. The first kappa shape index (κ1) is 14.6. The van der Waals surface area contributed by atoms with Crippen LogP contribution in [-0.2, 0) is 4.74 Å². The van der Waals surface area contributed by atoms with Crippen molar-refractivity contribution >= 4 is 5.96 Å². The second-order valence-electron chi connectivity index (χ2n) is 4.84. The summed E-state index contributed by atoms with van der Waals surface area (Å²) in [5, 5.41) is 2.87. The fourth-order valence-corrected chi connectivity index (χ4v) is 1.78. The van der Waals surface area contributed by atoms with Crippen LogP contribution in [0.5, 0.6) is 0 Å². The molecule has 1 aliphatic heterocycles. The van der Waals surface area contributed by atoms with Gasteiger partial charge in [-0.25, -0.2) is 0 Å². The second-order valence-corrected chi connectivity index (χ2v) is 4.84. The number of nitrogens with zero attached hydrogens (tertiary/aromatic N) is 2. The molecule has 5 heteroatoms. The van der Waals surface area contributed by atoms with Crippen LogP contribution in [0.15, 0.2) is 29.6 Å². The van der Waals surface area contributed by atoms with Crippen molar-refractivity contribution in [2.24, 2.45) is 10.7 Å². The van der Waals surface area contributed by atoms with Gasteiger partial charge in [0.15, 0.2) is 5.96 Å². The first-order valence-electron chi connectivity index (χ1n) is 6.28. The van der Waals surface area contributed by atoms with Gasteiger partial charge in [0.2, 0.25) is 0 Å². The molecule has 1 aliphatic rings. The largest absolute Gasteiger partial charge is 0.490 e. The zero-order valence-electron chi connectivity index (χ0n) is 11.5. The molecule has 18 heavy (non-hydrogen) atoms. The van der Waals surface area contributed by atoms with Gasteiger partial charge in [0.1, 0.15) is 11.9 Å². The van der Waals surface area contributed by atoms with Gasteiger partial charge in [-0.1, -0.05) is 6.58 Å². The topological polar surface area (TPSA) is 62.9 Å². The summed E-state index contributed by atoms with van der Waals surface area (Å²) in [5.74, 6) is 1.04. The number of aliphatic imine (C=N–C) groups is 1. The van der Waals surface area contributed by atoms with Gasteiger partial charge in [-0.15, -0.1) is 0 Å². The third kappa shape index (κ3) is 5.72. The van der Waals surface area contributed by atoms with E-state index in [1.165, 1.54) is 0 Å². The standard InChI is InChI=1S/C13H24N4O/c1-10(2)16-13(14)15-7-5-11(3)18-12-6-8-17(4)9-12/h5,7,10,12H,3,6,8-9H2,1-2,4H3,(H3,14,15,16)/b7-5-. The molecule has 0 radical (unpaired) electrons. The minimum absolute atomic E-state index is 0.180. The fourth-order valence-electron chi connectivity index (χ4n) is 1.78. The van der Waals surface area contributed by atoms with Crippen molar-refractivity contribution in [1.82, 2.24) is 10.2 Å². The number of likely N-dealkylation sites (tertiary alicyclic amines) is 1. The molecule has 0 amide bonds. The predicted molar refractivity (Wildman–Crippen MR) is 75.2 cm³/mol. The molecule has 1 heterocycles. The van der Waals surface area contributed by atoms with Crippen molar-refractivity contribution in [2.45, 2.75) is 32.4 Å². The van der Waals surface area contributed by atoms with Crippen LogP contribution in [0.4, 0.5) is 0 Å². The highest BCUT2D eigenvalue weighted by molar-refractivity contribution is 5.78. The fraction of sp³-hybridized carbons (Fsp3) is 0.615. The quantitative estimate of drug-likeness (QED) is 0.332. The number of nitrogens with one attached hydrogen (secondary N) is 1. The number of ether oxygens (including phenoxy) is 1. The van der Waals surface area contributed by atoms with Gasteiger partial charge in [-0.05, 0) is 33.4 Å². The average molecular weight is 252 g/mol. The molecule has 5 nitrogen and oxygen atoms in total. The Bertz CT molecular complexity index is 336. The lowest BCUT2D eigenvalue weighted by Gasteiger charge is -2.13. The van der Waals surface area contributed by atoms with Gasteiger partial charge >= 0.3 is 0 Å². The van der Waals surface area contributed by atoms with Crippen LogP contribution in [0.2, 0.25) is 0 Å². The third-order valence-electron chi connectivity index (χ3n) is 2.56. The summed E-state index contributed by atoms with van der Waals surface area (Å²) in [7, 11) is 2.09. The van der Waals surface area contributed by atoms with E-state index >= 15 is 0 Å². The highest BCUT2D eigenvalue weighted by atomic mass is 16.5. The van der Waals surface area contributed by atoms with E-state index in [0.717, 1.165) is 19.5 Å². The Balaban J connectivity index is 2.27. The van der Waals surface area contributed by atoms with E-state index in [0.29, 0.717) is 11.7 Å². The van der Waals surface area contributed by atoms with E-state index in [1.54, 1.807) is 12.3 Å². The maximum Gasteiger partial charge on any atom is 0.192 e. The summed E-state index contributed by atoms with van der Waals surface area (Å²) < 4.78 is 5.70. The maximum atomic E-state index is 5.70. The van der Waals surface area contributed by atoms with Crippen molar-refractivity contribution in [3.05, 3.63) is 24.6 Å². The molecule has 0 spiro atoms. The van der Waals surface area contributed by atoms with Crippen LogP contribution in [0.25, 0.3) is 0 Å². The zero-order chi connectivity index (χ0) is 13.5. The van der Waals surface area contributed by atoms with Gasteiger partial charge in [0.05, 0.1) is 0 Å². The van der Waals surface area contributed by atoms with Crippen molar-refractivity contribution in [2.75, 3.05) is 20.1 Å². The van der Waals surface area contributed by atoms with E-state index in [9.17, 15) is 0 Å². The van der Waals surface area contributed by atoms with Crippen LogP contribution in [0, 0.1) is 0 Å². The molecule has 1 unspecified atom stereocenters. The molecule has 0 aromatic heterocycles. The van der Waals surface area contributed by atoms with Crippen molar-refractivity contribution < 1.29 is 4.74 Å². The van der Waals surface area contributed by atoms with Gasteiger partial charge in [0, 0.05) is 25.3 Å². The molecular weight excluding hydrogens is 228 g/mol. The molecule has 1 atom stereocenters. The first-order chi connectivity index (χ1) is 8.47. The van der Waals surface area contributed by atoms with Crippen molar-refractivity contribution in [1.29, 1.82) is 0 Å². The van der Waals surface area contributed by atoms with Crippen LogP contribution < -0.4 is 11.1 Å². The van der Waals surface area contributed by atoms with Crippen molar-refractivity contribution in [3.8, 4) is 0 Å². The third-order valence-corrected chi connectivity index (χ3v) is 2.56. The van der Waals surface area contributed by atoms with Gasteiger partial charge in [0.25, 0.3) is 0 Å². The lowest BCUT2D eigenvalue weighted by atomic mass is 10.3. The number of likely N-dealkylation sites (N-methyl/N-ethyl adjacent to an activating group) is 1. The Morgan fingerprint density at radius 3 is 2.89 bits per heavy atom. The maximum absolute atomic E-state index is 5.70. The molecular formula is C13H24N4O. The lowest BCUT2D eigenvalue weighted by molar-refractivity contribution is 0.134. The summed E-state index contributed by atoms with van der Waals surface area (Å²) in [6, 6.07) is 0.180. The Hall–Kier alpha value is -1.49. The smallest absolute Gasteiger partial charge is 0.192 e. The molecule has 1 fully saturated rings. The number of guanidine groups is 1. The van der Waals surface area contributed by atoms with E-state index < -0.39 is 0 Å². The lowest BCUT2D eigenvalue weighted by Crippen LogP contribution is -2.28. The zero-order valence-corrected chi connectivity index (χ0v) is 11.5. The second kappa shape index (κ2) is 7.06. The Kier molecular flexibility index (Phi) is 5.71. The highest BCUT2D eigenvalue weighted by Crippen LogP contribution is 2.13. The molecule has 102 valence electrons. The van der Waals surface area contributed by atoms with Gasteiger partial charge in [-0.2, -0.15) is 0 Å². The molecule has 0 saturated carbocycles. The monoisotopic (exact) mass is 252 g/mol. The molecule has 0 aromatic carbocycles. The first-order valence-corrected chi connectivity index (χ1v) is 6.28. The summed E-state index contributed by atoms with van der Waals surface area (Å²) in [6.07, 6.45) is 4.76. The molecule has 1 rings (SSSR count). The van der Waals surface area contributed by atoms with Crippen LogP contribution in [0.1, 0.15) is 20.3 Å². The van der Waals surface area contributed by atoms with Gasteiger partial charge in [-0.3, -0.25) is 4.99 Å². The number of rotatable bonds is 5. The highest BCUT2D eigenvalue weighted by Gasteiger charge is 2.20. The Labute approximate surface area is 109 Å². The van der Waals surface area contributed by atoms with Crippen molar-refractivity contribution in [3.63, 3.8) is 0 Å². The van der Waals surface area contributed by atoms with E-state index in [1.807, 2.05) is 13.8 Å². The molecule has 1 saturated heterocycles. The SMILES string of the molecule is C=C(/C=C\NC(N)=NC(C)C)OC1CCN(C)C1. The van der Waals surface area contributed by atoms with E-state index in [4.69, 9.17) is 10.5 Å². The minimum atomic E-state index is 0.180. The van der Waals surface area contributed by atoms with Crippen LogP contribution in [0.3, 0.4) is 0 Å². The van der Waals surface area contributed by atoms with Crippen LogP contribution >= 0.6 is 0 Å². The summed E-state index contributed by atoms with van der Waals surface area (Å²) in [5.41, 5.74) is 5.65. The van der Waals surface area contributed by atoms with E-state index in [-0.39, 0.29) is 12.1 Å². The number of allylic oxidation sites excluding steroid dienone is 1. The number of hydrogen-bond acceptors (Lipinski definition) is 3. The van der Waals surface area contributed by atoms with Gasteiger partial charge < -0.3 is 20.7 Å². The summed E-state index contributed by atoms with van der Waals surface area (Å²) >= 11 is 0. The summed E-state index contributed by atoms with van der Waals surface area (Å²) in [4.78, 5) is 6.39. The van der Waals surface area contributed by atoms with Crippen LogP contribution in [-0.4, -0.2) is 43.1 Å². The van der Waals surface area contributed by atoms with E-state index in [2.05, 4.69) is 28.8 Å².